The monoisotopic (exact) mass is 198 g/mol. The van der Waals surface area contributed by atoms with Gasteiger partial charge in [-0.1, -0.05) is 0 Å². The molecule has 0 saturated heterocycles. The number of carbonyl (C=O) groups is 1. The van der Waals surface area contributed by atoms with E-state index in [2.05, 4.69) is 0 Å². The molecule has 5 N–H and O–H groups in total. The lowest BCUT2D eigenvalue weighted by Gasteiger charge is -2.00. The topological polar surface area (TPSA) is 89.3 Å². The Morgan fingerprint density at radius 3 is 2.22 bits per heavy atom. The number of hydrogen-bond acceptors (Lipinski definition) is 3. The lowest BCUT2D eigenvalue weighted by atomic mass is 10.2. The van der Waals surface area contributed by atoms with Crippen LogP contribution in [0.25, 0.3) is 0 Å². The Kier molecular flexibility index (Phi) is 7.76. The van der Waals surface area contributed by atoms with Crippen molar-refractivity contribution in [3.05, 3.63) is 0 Å². The molecule has 5 heteroatoms. The minimum absolute atomic E-state index is 0. The zero-order chi connectivity index (χ0) is 6.57. The maximum Gasteiger partial charge on any atom is 0.320 e. The molecule has 0 aromatic rings. The summed E-state index contributed by atoms with van der Waals surface area (Å²) < 4.78 is 0. The maximum atomic E-state index is 9.91. The van der Waals surface area contributed by atoms with E-state index in [4.69, 9.17) is 16.6 Å². The molecule has 0 unspecified atom stereocenters. The highest BCUT2D eigenvalue weighted by molar-refractivity contribution is 8.93. The summed E-state index contributed by atoms with van der Waals surface area (Å²) in [5.41, 5.74) is 10.1. The van der Waals surface area contributed by atoms with E-state index in [0.29, 0.717) is 13.0 Å². The number of rotatable bonds is 3. The zero-order valence-corrected chi connectivity index (χ0v) is 6.62. The average molecular weight is 199 g/mol. The summed E-state index contributed by atoms with van der Waals surface area (Å²) in [5.74, 6) is -0.990. The maximum absolute atomic E-state index is 9.91. The quantitative estimate of drug-likeness (QED) is 0.562. The fraction of sp³-hybridized carbons (Fsp3) is 0.750. The first-order valence-corrected chi connectivity index (χ1v) is 2.37. The predicted octanol–water partition coefficient (Wildman–Crippen LogP) is -0.675. The van der Waals surface area contributed by atoms with Crippen LogP contribution in [0.3, 0.4) is 0 Å². The minimum Gasteiger partial charge on any atom is -0.480 e. The lowest BCUT2D eigenvalue weighted by Crippen LogP contribution is -2.32. The van der Waals surface area contributed by atoms with Crippen LogP contribution in [0.2, 0.25) is 0 Å². The first kappa shape index (κ1) is 11.6. The van der Waals surface area contributed by atoms with Crippen LogP contribution in [0.5, 0.6) is 0 Å². The number of hydrogen-bond donors (Lipinski definition) is 3. The second kappa shape index (κ2) is 6.00. The van der Waals surface area contributed by atoms with Crippen molar-refractivity contribution in [2.45, 2.75) is 12.5 Å². The molecule has 56 valence electrons. The Balaban J connectivity index is 0. The molecule has 0 heterocycles. The Hall–Kier alpha value is -0.130. The van der Waals surface area contributed by atoms with Crippen molar-refractivity contribution < 1.29 is 9.90 Å². The van der Waals surface area contributed by atoms with E-state index in [1.54, 1.807) is 0 Å². The molecule has 0 aromatic carbocycles. The van der Waals surface area contributed by atoms with Crippen LogP contribution < -0.4 is 11.5 Å². The van der Waals surface area contributed by atoms with Crippen molar-refractivity contribution in [1.29, 1.82) is 0 Å². The van der Waals surface area contributed by atoms with E-state index < -0.39 is 12.0 Å². The lowest BCUT2D eigenvalue weighted by molar-refractivity contribution is -0.138. The Labute approximate surface area is 64.0 Å². The highest BCUT2D eigenvalue weighted by Crippen LogP contribution is 1.82. The highest BCUT2D eigenvalue weighted by Gasteiger charge is 2.07. The van der Waals surface area contributed by atoms with Gasteiger partial charge in [0.1, 0.15) is 6.04 Å². The molecular weight excluding hydrogens is 188 g/mol. The highest BCUT2D eigenvalue weighted by atomic mass is 79.9. The van der Waals surface area contributed by atoms with Gasteiger partial charge in [0.2, 0.25) is 0 Å². The fourth-order valence-electron chi connectivity index (χ4n) is 0.303. The third-order valence-electron chi connectivity index (χ3n) is 0.795. The van der Waals surface area contributed by atoms with Gasteiger partial charge in [-0.15, -0.1) is 17.0 Å². The van der Waals surface area contributed by atoms with Crippen LogP contribution in [0.15, 0.2) is 0 Å². The summed E-state index contributed by atoms with van der Waals surface area (Å²) in [5, 5.41) is 8.13. The van der Waals surface area contributed by atoms with Crippen LogP contribution in [0.4, 0.5) is 0 Å². The minimum atomic E-state index is -0.990. The van der Waals surface area contributed by atoms with E-state index in [1.807, 2.05) is 0 Å². The molecule has 0 spiro atoms. The summed E-state index contributed by atoms with van der Waals surface area (Å²) >= 11 is 0. The fourth-order valence-corrected chi connectivity index (χ4v) is 0.303. The van der Waals surface area contributed by atoms with Gasteiger partial charge in [0, 0.05) is 0 Å². The second-order valence-electron chi connectivity index (χ2n) is 1.52. The third kappa shape index (κ3) is 5.75. The van der Waals surface area contributed by atoms with Crippen LogP contribution in [-0.4, -0.2) is 23.7 Å². The summed E-state index contributed by atoms with van der Waals surface area (Å²) in [6.45, 7) is 0.327. The molecule has 0 amide bonds. The summed E-state index contributed by atoms with van der Waals surface area (Å²) in [6, 6.07) is -0.792. The number of aliphatic carboxylic acids is 1. The van der Waals surface area contributed by atoms with Crippen molar-refractivity contribution in [2.75, 3.05) is 6.54 Å². The average Bonchev–Trinajstić information content (AvgIpc) is 1.67. The molecule has 0 aromatic heterocycles. The van der Waals surface area contributed by atoms with Gasteiger partial charge in [0.05, 0.1) is 0 Å². The molecule has 0 saturated carbocycles. The molecule has 0 fully saturated rings. The van der Waals surface area contributed by atoms with Crippen LogP contribution >= 0.6 is 17.0 Å². The van der Waals surface area contributed by atoms with Crippen molar-refractivity contribution in [1.82, 2.24) is 0 Å². The summed E-state index contributed by atoms with van der Waals surface area (Å²) in [7, 11) is 0. The molecule has 4 nitrogen and oxygen atoms in total. The van der Waals surface area contributed by atoms with Crippen molar-refractivity contribution in [3.8, 4) is 0 Å². The molecule has 0 radical (unpaired) electrons. The number of nitrogens with two attached hydrogens (primary N) is 2. The molecule has 1 atom stereocenters. The van der Waals surface area contributed by atoms with Gasteiger partial charge in [0.15, 0.2) is 0 Å². The molecule has 0 rings (SSSR count). The molecule has 9 heavy (non-hydrogen) atoms. The van der Waals surface area contributed by atoms with E-state index in [1.165, 1.54) is 0 Å². The molecule has 0 aliphatic heterocycles. The van der Waals surface area contributed by atoms with Gasteiger partial charge in [-0.05, 0) is 13.0 Å². The van der Waals surface area contributed by atoms with Gasteiger partial charge in [-0.25, -0.2) is 0 Å². The SMILES string of the molecule is Br.NCC[C@@H](N)C(=O)O. The van der Waals surface area contributed by atoms with E-state index in [0.717, 1.165) is 0 Å². The number of halogens is 1. The zero-order valence-electron chi connectivity index (χ0n) is 4.91. The predicted molar refractivity (Wildman–Crippen MR) is 39.6 cm³/mol. The van der Waals surface area contributed by atoms with Crippen LogP contribution in [0.1, 0.15) is 6.42 Å². The van der Waals surface area contributed by atoms with Crippen molar-refractivity contribution in [2.24, 2.45) is 11.5 Å². The largest absolute Gasteiger partial charge is 0.480 e. The van der Waals surface area contributed by atoms with E-state index in [-0.39, 0.29) is 17.0 Å². The first-order valence-electron chi connectivity index (χ1n) is 2.37. The summed E-state index contributed by atoms with van der Waals surface area (Å²) in [6.07, 6.45) is 0.343. The molecular formula is C4H11BrN2O2. The molecule has 0 aliphatic rings. The summed E-state index contributed by atoms with van der Waals surface area (Å²) in [4.78, 5) is 9.91. The number of carboxylic acids is 1. The van der Waals surface area contributed by atoms with Crippen molar-refractivity contribution in [3.63, 3.8) is 0 Å². The van der Waals surface area contributed by atoms with Gasteiger partial charge in [-0.3, -0.25) is 4.79 Å². The smallest absolute Gasteiger partial charge is 0.320 e. The van der Waals surface area contributed by atoms with Gasteiger partial charge < -0.3 is 16.6 Å². The van der Waals surface area contributed by atoms with Gasteiger partial charge in [-0.2, -0.15) is 0 Å². The standard InChI is InChI=1S/C4H10N2O2.BrH/c5-2-1-3(6)4(7)8;/h3H,1-2,5-6H2,(H,7,8);1H/t3-;/m1./s1. The normalized spacial score (nSPS) is 11.8. The Bertz CT molecular complexity index is 88.6. The van der Waals surface area contributed by atoms with Gasteiger partial charge in [0.25, 0.3) is 0 Å². The Morgan fingerprint density at radius 1 is 1.67 bits per heavy atom. The first-order chi connectivity index (χ1) is 3.68. The molecule has 0 bridgehead atoms. The van der Waals surface area contributed by atoms with Crippen LogP contribution in [-0.2, 0) is 4.79 Å². The van der Waals surface area contributed by atoms with Gasteiger partial charge >= 0.3 is 5.97 Å². The Morgan fingerprint density at radius 2 is 2.11 bits per heavy atom. The van der Waals surface area contributed by atoms with E-state index >= 15 is 0 Å². The van der Waals surface area contributed by atoms with Crippen molar-refractivity contribution >= 4 is 23.0 Å². The number of carboxylic acid groups (broad SMARTS) is 1. The third-order valence-corrected chi connectivity index (χ3v) is 0.795. The second-order valence-corrected chi connectivity index (χ2v) is 1.52. The van der Waals surface area contributed by atoms with Crippen LogP contribution in [0, 0.1) is 0 Å². The molecule has 0 aliphatic carbocycles. The van der Waals surface area contributed by atoms with E-state index in [9.17, 15) is 4.79 Å².